The normalized spacial score (nSPS) is 19.3. The zero-order valence-electron chi connectivity index (χ0n) is 12.9. The highest BCUT2D eigenvalue weighted by molar-refractivity contribution is 6.26. The van der Waals surface area contributed by atoms with Gasteiger partial charge in [0.05, 0.1) is 4.87 Å². The van der Waals surface area contributed by atoms with Crippen LogP contribution < -0.4 is 0 Å². The minimum Gasteiger partial charge on any atom is -0.114 e. The third kappa shape index (κ3) is 3.03. The summed E-state index contributed by atoms with van der Waals surface area (Å²) < 4.78 is 0. The van der Waals surface area contributed by atoms with Crippen LogP contribution in [-0.4, -0.2) is 4.87 Å². The second-order valence-corrected chi connectivity index (χ2v) is 6.59. The molecule has 0 spiro atoms. The van der Waals surface area contributed by atoms with Crippen molar-refractivity contribution in [2.24, 2.45) is 0 Å². The Hall–Kier alpha value is -1.79. The van der Waals surface area contributed by atoms with Crippen LogP contribution >= 0.6 is 11.6 Å². The molecule has 2 atom stereocenters. The first kappa shape index (κ1) is 15.1. The summed E-state index contributed by atoms with van der Waals surface area (Å²) in [6.45, 7) is 2.19. The van der Waals surface area contributed by atoms with Crippen molar-refractivity contribution in [1.82, 2.24) is 0 Å². The molecule has 0 saturated heterocycles. The van der Waals surface area contributed by atoms with Crippen LogP contribution in [0.4, 0.5) is 0 Å². The van der Waals surface area contributed by atoms with Crippen molar-refractivity contribution in [3.8, 4) is 0 Å². The number of hydrogen-bond donors (Lipinski definition) is 0. The molecule has 0 amide bonds. The Bertz CT molecular complexity index is 684. The van der Waals surface area contributed by atoms with Crippen molar-refractivity contribution in [3.05, 3.63) is 83.4 Å². The number of fused-ring (bicyclic) bond motifs is 1. The second kappa shape index (κ2) is 6.54. The highest BCUT2D eigenvalue weighted by Crippen LogP contribution is 2.45. The molecule has 1 aliphatic carbocycles. The fourth-order valence-electron chi connectivity index (χ4n) is 3.19. The molecule has 2 aromatic carbocycles. The average molecular weight is 309 g/mol. The molecule has 22 heavy (non-hydrogen) atoms. The molecule has 3 rings (SSSR count). The van der Waals surface area contributed by atoms with E-state index >= 15 is 0 Å². The van der Waals surface area contributed by atoms with Gasteiger partial charge in [-0.25, -0.2) is 0 Å². The third-order valence-corrected chi connectivity index (χ3v) is 4.85. The van der Waals surface area contributed by atoms with Gasteiger partial charge in [-0.2, -0.15) is 0 Å². The predicted molar refractivity (Wildman–Crippen MR) is 97.2 cm³/mol. The smallest absolute Gasteiger partial charge is 0.0732 e. The number of rotatable bonds is 5. The topological polar surface area (TPSA) is 0 Å². The standard InChI is InChI=1S/C21H21Cl/c1-2-15-21(22,16-14-17-8-4-3-5-9-17)20-13-12-18-10-6-7-11-19(18)20/h3-14,16,20H,2,15H2,1H3. The molecule has 0 nitrogen and oxygen atoms in total. The van der Waals surface area contributed by atoms with Crippen molar-refractivity contribution in [2.45, 2.75) is 30.6 Å². The molecular weight excluding hydrogens is 288 g/mol. The SMILES string of the molecule is CCCC(Cl)(C=Cc1ccccc1)C1C=Cc2ccccc21. The first-order chi connectivity index (χ1) is 10.7. The van der Waals surface area contributed by atoms with E-state index in [1.54, 1.807) is 0 Å². The van der Waals surface area contributed by atoms with Crippen LogP contribution in [0.5, 0.6) is 0 Å². The largest absolute Gasteiger partial charge is 0.114 e. The maximum atomic E-state index is 7.09. The highest BCUT2D eigenvalue weighted by atomic mass is 35.5. The zero-order chi connectivity index (χ0) is 15.4. The lowest BCUT2D eigenvalue weighted by Crippen LogP contribution is -2.26. The van der Waals surface area contributed by atoms with Gasteiger partial charge < -0.3 is 0 Å². The number of alkyl halides is 1. The molecule has 0 N–H and O–H groups in total. The van der Waals surface area contributed by atoms with Crippen molar-refractivity contribution in [2.75, 3.05) is 0 Å². The summed E-state index contributed by atoms with van der Waals surface area (Å²) in [5.41, 5.74) is 3.82. The molecule has 1 aliphatic rings. The van der Waals surface area contributed by atoms with Crippen LogP contribution in [0.2, 0.25) is 0 Å². The van der Waals surface area contributed by atoms with E-state index in [-0.39, 0.29) is 10.8 Å². The number of allylic oxidation sites excluding steroid dienone is 2. The van der Waals surface area contributed by atoms with Crippen LogP contribution in [-0.2, 0) is 0 Å². The lowest BCUT2D eigenvalue weighted by Gasteiger charge is -2.30. The second-order valence-electron chi connectivity index (χ2n) is 5.89. The number of hydrogen-bond acceptors (Lipinski definition) is 0. The van der Waals surface area contributed by atoms with Gasteiger partial charge in [0.1, 0.15) is 0 Å². The van der Waals surface area contributed by atoms with Gasteiger partial charge in [-0.3, -0.25) is 0 Å². The molecule has 0 bridgehead atoms. The lowest BCUT2D eigenvalue weighted by molar-refractivity contribution is 0.572. The van der Waals surface area contributed by atoms with Gasteiger partial charge in [-0.1, -0.05) is 92.2 Å². The Balaban J connectivity index is 1.92. The van der Waals surface area contributed by atoms with E-state index in [2.05, 4.69) is 79.8 Å². The van der Waals surface area contributed by atoms with Gasteiger partial charge in [0, 0.05) is 5.92 Å². The first-order valence-electron chi connectivity index (χ1n) is 7.93. The van der Waals surface area contributed by atoms with Gasteiger partial charge in [0.25, 0.3) is 0 Å². The first-order valence-corrected chi connectivity index (χ1v) is 8.31. The van der Waals surface area contributed by atoms with Crippen molar-refractivity contribution in [1.29, 1.82) is 0 Å². The quantitative estimate of drug-likeness (QED) is 0.569. The van der Waals surface area contributed by atoms with Crippen LogP contribution in [0, 0.1) is 0 Å². The molecule has 2 unspecified atom stereocenters. The molecule has 0 aliphatic heterocycles. The van der Waals surface area contributed by atoms with Gasteiger partial charge in [0.2, 0.25) is 0 Å². The van der Waals surface area contributed by atoms with Crippen LogP contribution in [0.1, 0.15) is 42.4 Å². The van der Waals surface area contributed by atoms with Crippen LogP contribution in [0.3, 0.4) is 0 Å². The highest BCUT2D eigenvalue weighted by Gasteiger charge is 2.36. The van der Waals surface area contributed by atoms with Gasteiger partial charge in [-0.15, -0.1) is 11.6 Å². The van der Waals surface area contributed by atoms with E-state index in [1.807, 2.05) is 6.07 Å². The Morgan fingerprint density at radius 1 is 1.05 bits per heavy atom. The van der Waals surface area contributed by atoms with Gasteiger partial charge in [0.15, 0.2) is 0 Å². The summed E-state index contributed by atoms with van der Waals surface area (Å²) in [4.78, 5) is -0.367. The molecule has 112 valence electrons. The Morgan fingerprint density at radius 2 is 1.77 bits per heavy atom. The fourth-order valence-corrected chi connectivity index (χ4v) is 3.63. The minimum absolute atomic E-state index is 0.241. The maximum absolute atomic E-state index is 7.09. The molecule has 0 aromatic heterocycles. The monoisotopic (exact) mass is 308 g/mol. The molecule has 0 heterocycles. The molecule has 0 radical (unpaired) electrons. The van der Waals surface area contributed by atoms with Gasteiger partial charge >= 0.3 is 0 Å². The van der Waals surface area contributed by atoms with E-state index in [4.69, 9.17) is 11.6 Å². The zero-order valence-corrected chi connectivity index (χ0v) is 13.6. The Morgan fingerprint density at radius 3 is 2.55 bits per heavy atom. The van der Waals surface area contributed by atoms with Gasteiger partial charge in [-0.05, 0) is 23.1 Å². The fraction of sp³-hybridized carbons (Fsp3) is 0.238. The molecule has 0 saturated carbocycles. The summed E-state index contributed by atoms with van der Waals surface area (Å²) in [5.74, 6) is 0.241. The summed E-state index contributed by atoms with van der Waals surface area (Å²) in [6.07, 6.45) is 10.8. The maximum Gasteiger partial charge on any atom is 0.0732 e. The summed E-state index contributed by atoms with van der Waals surface area (Å²) in [5, 5.41) is 0. The van der Waals surface area contributed by atoms with Crippen LogP contribution in [0.25, 0.3) is 12.2 Å². The summed E-state index contributed by atoms with van der Waals surface area (Å²) in [7, 11) is 0. The number of benzene rings is 2. The van der Waals surface area contributed by atoms with E-state index in [0.29, 0.717) is 0 Å². The van der Waals surface area contributed by atoms with E-state index in [1.165, 1.54) is 16.7 Å². The third-order valence-electron chi connectivity index (χ3n) is 4.30. The van der Waals surface area contributed by atoms with E-state index < -0.39 is 0 Å². The number of halogens is 1. The Kier molecular flexibility index (Phi) is 4.49. The molecule has 0 fully saturated rings. The van der Waals surface area contributed by atoms with Crippen molar-refractivity contribution in [3.63, 3.8) is 0 Å². The predicted octanol–water partition coefficient (Wildman–Crippen LogP) is 6.29. The van der Waals surface area contributed by atoms with E-state index in [0.717, 1.165) is 12.8 Å². The summed E-state index contributed by atoms with van der Waals surface area (Å²) in [6, 6.07) is 18.9. The molecule has 2 aromatic rings. The summed E-state index contributed by atoms with van der Waals surface area (Å²) >= 11 is 7.09. The average Bonchev–Trinajstić information content (AvgIpc) is 2.99. The van der Waals surface area contributed by atoms with Crippen molar-refractivity contribution >= 4 is 23.8 Å². The van der Waals surface area contributed by atoms with Crippen LogP contribution in [0.15, 0.2) is 66.7 Å². The molecular formula is C21H21Cl. The molecule has 1 heteroatoms. The van der Waals surface area contributed by atoms with E-state index in [9.17, 15) is 0 Å². The lowest BCUT2D eigenvalue weighted by atomic mass is 9.83. The Labute approximate surface area is 138 Å². The van der Waals surface area contributed by atoms with Crippen molar-refractivity contribution < 1.29 is 0 Å². The minimum atomic E-state index is -0.367.